The van der Waals surface area contributed by atoms with Gasteiger partial charge in [0.2, 0.25) is 5.91 Å². The Kier molecular flexibility index (Phi) is 6.12. The Hall–Kier alpha value is -2.54. The van der Waals surface area contributed by atoms with Crippen LogP contribution in [0.25, 0.3) is 0 Å². The maximum Gasteiger partial charge on any atom is 0.281 e. The summed E-state index contributed by atoms with van der Waals surface area (Å²) in [6, 6.07) is 13.2. The molecule has 0 saturated carbocycles. The summed E-state index contributed by atoms with van der Waals surface area (Å²) in [5, 5.41) is 2.85. The van der Waals surface area contributed by atoms with Gasteiger partial charge in [-0.25, -0.2) is 4.39 Å². The molecule has 3 rings (SSSR count). The maximum atomic E-state index is 12.9. The molecule has 1 aliphatic heterocycles. The molecule has 0 spiro atoms. The van der Waals surface area contributed by atoms with Crippen molar-refractivity contribution in [2.75, 3.05) is 24.2 Å². The van der Waals surface area contributed by atoms with E-state index in [0.29, 0.717) is 31.1 Å². The monoisotopic (exact) mass is 374 g/mol. The number of benzene rings is 2. The molecule has 0 radical (unpaired) electrons. The molecular weight excluding hydrogens is 355 g/mol. The van der Waals surface area contributed by atoms with Crippen LogP contribution >= 0.6 is 11.8 Å². The van der Waals surface area contributed by atoms with Gasteiger partial charge in [-0.2, -0.15) is 0 Å². The zero-order chi connectivity index (χ0) is 18.4. The lowest BCUT2D eigenvalue weighted by atomic mass is 10.2. The predicted octanol–water partition coefficient (Wildman–Crippen LogP) is 3.90. The van der Waals surface area contributed by atoms with Crippen LogP contribution in [0.15, 0.2) is 48.5 Å². The fraction of sp³-hybridized carbons (Fsp3) is 0.263. The van der Waals surface area contributed by atoms with Crippen molar-refractivity contribution in [3.8, 4) is 5.75 Å². The second-order valence-electron chi connectivity index (χ2n) is 5.84. The van der Waals surface area contributed by atoms with Gasteiger partial charge in [0.05, 0.1) is 0 Å². The Morgan fingerprint density at radius 2 is 2.04 bits per heavy atom. The molecule has 2 amide bonds. The van der Waals surface area contributed by atoms with E-state index in [1.807, 2.05) is 0 Å². The third kappa shape index (κ3) is 5.23. The van der Waals surface area contributed by atoms with Crippen molar-refractivity contribution >= 4 is 28.6 Å². The average molecular weight is 374 g/mol. The quantitative estimate of drug-likeness (QED) is 0.798. The Labute approximate surface area is 155 Å². The standard InChI is InChI=1S/C19H19FN2O3S/c20-15-6-4-14(5-7-15)13-25-17-3-1-2-16(12-17)21-18(23)8-9-22-10-11-26-19(22)24/h1-7,12H,8-11,13H2,(H,21,23). The molecule has 0 aliphatic carbocycles. The van der Waals surface area contributed by atoms with Crippen LogP contribution in [-0.4, -0.2) is 34.9 Å². The minimum atomic E-state index is -0.285. The fourth-order valence-corrected chi connectivity index (χ4v) is 3.35. The normalized spacial score (nSPS) is 13.7. The van der Waals surface area contributed by atoms with Crippen molar-refractivity contribution in [2.24, 2.45) is 0 Å². The molecule has 1 saturated heterocycles. The number of hydrogen-bond acceptors (Lipinski definition) is 4. The molecule has 0 unspecified atom stereocenters. The van der Waals surface area contributed by atoms with E-state index in [-0.39, 0.29) is 23.4 Å². The lowest BCUT2D eigenvalue weighted by Crippen LogP contribution is -2.27. The zero-order valence-corrected chi connectivity index (χ0v) is 14.9. The van der Waals surface area contributed by atoms with Crippen LogP contribution in [0.3, 0.4) is 0 Å². The number of nitrogens with zero attached hydrogens (tertiary/aromatic N) is 1. The first-order valence-corrected chi connectivity index (χ1v) is 9.27. The van der Waals surface area contributed by atoms with E-state index in [0.717, 1.165) is 11.3 Å². The Bertz CT molecular complexity index is 783. The molecule has 1 fully saturated rings. The number of carbonyl (C=O) groups excluding carboxylic acids is 2. The summed E-state index contributed by atoms with van der Waals surface area (Å²) in [7, 11) is 0. The van der Waals surface area contributed by atoms with E-state index >= 15 is 0 Å². The Morgan fingerprint density at radius 1 is 1.23 bits per heavy atom. The topological polar surface area (TPSA) is 58.6 Å². The number of carbonyl (C=O) groups is 2. The van der Waals surface area contributed by atoms with Gasteiger partial charge in [0.15, 0.2) is 0 Å². The van der Waals surface area contributed by atoms with E-state index < -0.39 is 0 Å². The van der Waals surface area contributed by atoms with Gasteiger partial charge in [-0.3, -0.25) is 9.59 Å². The number of thioether (sulfide) groups is 1. The highest BCUT2D eigenvalue weighted by Crippen LogP contribution is 2.20. The van der Waals surface area contributed by atoms with Crippen LogP contribution in [-0.2, 0) is 11.4 Å². The van der Waals surface area contributed by atoms with Gasteiger partial charge in [0.25, 0.3) is 5.24 Å². The smallest absolute Gasteiger partial charge is 0.281 e. The Balaban J connectivity index is 1.49. The third-order valence-corrected chi connectivity index (χ3v) is 4.78. The van der Waals surface area contributed by atoms with Gasteiger partial charge in [-0.05, 0) is 29.8 Å². The molecule has 2 aromatic carbocycles. The number of anilines is 1. The molecule has 26 heavy (non-hydrogen) atoms. The first-order chi connectivity index (χ1) is 12.6. The second kappa shape index (κ2) is 8.71. The van der Waals surface area contributed by atoms with Gasteiger partial charge < -0.3 is 15.0 Å². The van der Waals surface area contributed by atoms with Gasteiger partial charge in [0.1, 0.15) is 18.2 Å². The first-order valence-electron chi connectivity index (χ1n) is 8.29. The summed E-state index contributed by atoms with van der Waals surface area (Å²) < 4.78 is 18.6. The number of hydrogen-bond donors (Lipinski definition) is 1. The maximum absolute atomic E-state index is 12.9. The molecule has 1 heterocycles. The van der Waals surface area contributed by atoms with Crippen molar-refractivity contribution in [1.29, 1.82) is 0 Å². The molecule has 5 nitrogen and oxygen atoms in total. The van der Waals surface area contributed by atoms with Gasteiger partial charge in [-0.1, -0.05) is 30.0 Å². The van der Waals surface area contributed by atoms with E-state index in [1.165, 1.54) is 23.9 Å². The van der Waals surface area contributed by atoms with Crippen LogP contribution in [0.2, 0.25) is 0 Å². The van der Waals surface area contributed by atoms with Gasteiger partial charge >= 0.3 is 0 Å². The van der Waals surface area contributed by atoms with E-state index in [1.54, 1.807) is 41.3 Å². The fourth-order valence-electron chi connectivity index (χ4n) is 2.50. The third-order valence-electron chi connectivity index (χ3n) is 3.89. The van der Waals surface area contributed by atoms with Crippen molar-refractivity contribution in [1.82, 2.24) is 4.90 Å². The van der Waals surface area contributed by atoms with Crippen molar-refractivity contribution in [3.63, 3.8) is 0 Å². The lowest BCUT2D eigenvalue weighted by Gasteiger charge is -2.14. The van der Waals surface area contributed by atoms with Crippen LogP contribution in [0, 0.1) is 5.82 Å². The highest BCUT2D eigenvalue weighted by atomic mass is 32.2. The summed E-state index contributed by atoms with van der Waals surface area (Å²) in [4.78, 5) is 25.3. The number of nitrogens with one attached hydrogen (secondary N) is 1. The Morgan fingerprint density at radius 3 is 2.77 bits per heavy atom. The molecule has 1 aliphatic rings. The molecular formula is C19H19FN2O3S. The van der Waals surface area contributed by atoms with Crippen LogP contribution in [0.1, 0.15) is 12.0 Å². The summed E-state index contributed by atoms with van der Waals surface area (Å²) in [6.45, 7) is 1.44. The molecule has 136 valence electrons. The SMILES string of the molecule is O=C(CCN1CCSC1=O)Nc1cccc(OCc2ccc(F)cc2)c1. The van der Waals surface area contributed by atoms with Crippen molar-refractivity contribution in [2.45, 2.75) is 13.0 Å². The first kappa shape index (κ1) is 18.3. The van der Waals surface area contributed by atoms with Crippen LogP contribution in [0.4, 0.5) is 14.9 Å². The summed E-state index contributed by atoms with van der Waals surface area (Å²) in [6.07, 6.45) is 0.257. The largest absolute Gasteiger partial charge is 0.489 e. The summed E-state index contributed by atoms with van der Waals surface area (Å²) in [5.41, 5.74) is 1.49. The van der Waals surface area contributed by atoms with Crippen LogP contribution < -0.4 is 10.1 Å². The molecule has 0 aromatic heterocycles. The van der Waals surface area contributed by atoms with Crippen LogP contribution in [0.5, 0.6) is 5.75 Å². The highest BCUT2D eigenvalue weighted by molar-refractivity contribution is 8.13. The molecule has 2 aromatic rings. The van der Waals surface area contributed by atoms with Gasteiger partial charge in [-0.15, -0.1) is 0 Å². The summed E-state index contributed by atoms with van der Waals surface area (Å²) in [5.74, 6) is 0.963. The number of rotatable bonds is 7. The number of ether oxygens (including phenoxy) is 1. The minimum absolute atomic E-state index is 0.0361. The zero-order valence-electron chi connectivity index (χ0n) is 14.1. The van der Waals surface area contributed by atoms with Crippen molar-refractivity contribution in [3.05, 3.63) is 59.9 Å². The van der Waals surface area contributed by atoms with Crippen molar-refractivity contribution < 1.29 is 18.7 Å². The molecule has 0 atom stereocenters. The number of halogens is 1. The number of amides is 2. The molecule has 7 heteroatoms. The minimum Gasteiger partial charge on any atom is -0.489 e. The van der Waals surface area contributed by atoms with Gasteiger partial charge in [0, 0.05) is 37.0 Å². The predicted molar refractivity (Wildman–Crippen MR) is 99.8 cm³/mol. The average Bonchev–Trinajstić information content (AvgIpc) is 3.05. The lowest BCUT2D eigenvalue weighted by molar-refractivity contribution is -0.116. The van der Waals surface area contributed by atoms with E-state index in [9.17, 15) is 14.0 Å². The second-order valence-corrected chi connectivity index (χ2v) is 6.89. The summed E-state index contributed by atoms with van der Waals surface area (Å²) >= 11 is 1.29. The van der Waals surface area contributed by atoms with E-state index in [2.05, 4.69) is 5.32 Å². The molecule has 0 bridgehead atoms. The molecule has 1 N–H and O–H groups in total. The highest BCUT2D eigenvalue weighted by Gasteiger charge is 2.21. The van der Waals surface area contributed by atoms with E-state index in [4.69, 9.17) is 4.74 Å².